The minimum atomic E-state index is -0.250. The van der Waals surface area contributed by atoms with Gasteiger partial charge in [-0.3, -0.25) is 9.59 Å². The number of hydrogen-bond donors (Lipinski definition) is 0. The largest absolute Gasteiger partial charge is 0.486 e. The second kappa shape index (κ2) is 8.46. The summed E-state index contributed by atoms with van der Waals surface area (Å²) in [6.45, 7) is 4.02. The molecule has 7 heteroatoms. The molecule has 0 N–H and O–H groups in total. The van der Waals surface area contributed by atoms with E-state index in [1.54, 1.807) is 0 Å². The number of ether oxygens (including phenoxy) is 3. The molecule has 6 nitrogen and oxygen atoms in total. The summed E-state index contributed by atoms with van der Waals surface area (Å²) in [4.78, 5) is 26.4. The van der Waals surface area contributed by atoms with Crippen LogP contribution in [0.1, 0.15) is 56.2 Å². The molecule has 29 heavy (non-hydrogen) atoms. The first kappa shape index (κ1) is 20.4. The molecule has 0 bridgehead atoms. The van der Waals surface area contributed by atoms with E-state index in [1.807, 2.05) is 4.90 Å². The second-order valence-electron chi connectivity index (χ2n) is 8.15. The van der Waals surface area contributed by atoms with Gasteiger partial charge in [0.25, 0.3) is 0 Å². The molecule has 3 aliphatic rings. The molecular formula is C22H29NO5S. The van der Waals surface area contributed by atoms with E-state index in [0.717, 1.165) is 30.9 Å². The molecule has 0 aromatic heterocycles. The van der Waals surface area contributed by atoms with Crippen molar-refractivity contribution in [2.45, 2.75) is 50.5 Å². The topological polar surface area (TPSA) is 65.1 Å². The quantitative estimate of drug-likeness (QED) is 0.538. The Morgan fingerprint density at radius 2 is 1.90 bits per heavy atom. The average molecular weight is 420 g/mol. The predicted octanol–water partition coefficient (Wildman–Crippen LogP) is 3.47. The van der Waals surface area contributed by atoms with E-state index in [-0.39, 0.29) is 29.1 Å². The molecule has 1 saturated carbocycles. The minimum absolute atomic E-state index is 0.00478. The van der Waals surface area contributed by atoms with E-state index in [9.17, 15) is 9.59 Å². The Balaban J connectivity index is 1.55. The zero-order valence-corrected chi connectivity index (χ0v) is 18.0. The molecule has 2 aliphatic heterocycles. The Labute approximate surface area is 176 Å². The van der Waals surface area contributed by atoms with Crippen molar-refractivity contribution in [3.63, 3.8) is 0 Å². The summed E-state index contributed by atoms with van der Waals surface area (Å²) in [5.41, 5.74) is 2.56. The van der Waals surface area contributed by atoms with E-state index >= 15 is 0 Å². The zero-order chi connectivity index (χ0) is 20.4. The molecule has 0 saturated heterocycles. The van der Waals surface area contributed by atoms with Crippen LogP contribution in [0.5, 0.6) is 11.5 Å². The van der Waals surface area contributed by atoms with Crippen LogP contribution in [0.2, 0.25) is 0 Å². The van der Waals surface area contributed by atoms with Crippen molar-refractivity contribution in [3.8, 4) is 11.5 Å². The fourth-order valence-corrected chi connectivity index (χ4v) is 5.67. The third-order valence-corrected chi connectivity index (χ3v) is 7.40. The Morgan fingerprint density at radius 1 is 1.21 bits per heavy atom. The molecule has 1 atom stereocenters. The van der Waals surface area contributed by atoms with Gasteiger partial charge in [0.2, 0.25) is 5.91 Å². The number of benzene rings is 1. The summed E-state index contributed by atoms with van der Waals surface area (Å²) in [6.07, 6.45) is 5.03. The average Bonchev–Trinajstić information content (AvgIpc) is 3.22. The van der Waals surface area contributed by atoms with Crippen LogP contribution in [-0.2, 0) is 19.7 Å². The van der Waals surface area contributed by atoms with Gasteiger partial charge in [0.15, 0.2) is 11.5 Å². The Hall–Kier alpha value is -1.89. The van der Waals surface area contributed by atoms with Crippen LogP contribution in [0.3, 0.4) is 0 Å². The van der Waals surface area contributed by atoms with Crippen LogP contribution >= 0.6 is 11.8 Å². The second-order valence-corrected chi connectivity index (χ2v) is 9.25. The molecule has 1 aromatic carbocycles. The molecule has 1 spiro atoms. The minimum Gasteiger partial charge on any atom is -0.486 e. The van der Waals surface area contributed by atoms with Gasteiger partial charge in [0.05, 0.1) is 18.9 Å². The number of thioether (sulfide) groups is 1. The standard InChI is InChI=1S/C22H29NO5S/c1-15-16-11-18-19(28-9-8-27-18)12-17(16)22(6-3-4-7-22)14-23(15)20(24)5-10-29-13-21(25)26-2/h11-12,15H,3-10,13-14H2,1-2H3. The lowest BCUT2D eigenvalue weighted by atomic mass is 9.71. The fraction of sp³-hybridized carbons (Fsp3) is 0.636. The monoisotopic (exact) mass is 419 g/mol. The summed E-state index contributed by atoms with van der Waals surface area (Å²) < 4.78 is 16.3. The summed E-state index contributed by atoms with van der Waals surface area (Å²) in [5.74, 6) is 2.44. The van der Waals surface area contributed by atoms with Gasteiger partial charge in [-0.15, -0.1) is 11.8 Å². The van der Waals surface area contributed by atoms with Gasteiger partial charge in [0, 0.05) is 24.1 Å². The van der Waals surface area contributed by atoms with Crippen LogP contribution in [-0.4, -0.2) is 55.2 Å². The molecule has 0 radical (unpaired) electrons. The van der Waals surface area contributed by atoms with Gasteiger partial charge >= 0.3 is 5.97 Å². The van der Waals surface area contributed by atoms with Gasteiger partial charge in [-0.2, -0.15) is 0 Å². The van der Waals surface area contributed by atoms with Gasteiger partial charge in [-0.25, -0.2) is 0 Å². The molecule has 1 aliphatic carbocycles. The van der Waals surface area contributed by atoms with Crippen LogP contribution < -0.4 is 9.47 Å². The third-order valence-electron chi connectivity index (χ3n) is 6.47. The smallest absolute Gasteiger partial charge is 0.315 e. The van der Waals surface area contributed by atoms with Crippen molar-refractivity contribution in [3.05, 3.63) is 23.3 Å². The van der Waals surface area contributed by atoms with Gasteiger partial charge in [-0.05, 0) is 43.0 Å². The zero-order valence-electron chi connectivity index (χ0n) is 17.2. The molecule has 1 fully saturated rings. The van der Waals surface area contributed by atoms with E-state index in [0.29, 0.717) is 25.4 Å². The van der Waals surface area contributed by atoms with Crippen molar-refractivity contribution >= 4 is 23.6 Å². The van der Waals surface area contributed by atoms with E-state index in [4.69, 9.17) is 9.47 Å². The van der Waals surface area contributed by atoms with Crippen LogP contribution in [0.4, 0.5) is 0 Å². The molecule has 1 unspecified atom stereocenters. The van der Waals surface area contributed by atoms with E-state index < -0.39 is 0 Å². The van der Waals surface area contributed by atoms with Crippen molar-refractivity contribution in [2.75, 3.05) is 38.4 Å². The first-order valence-corrected chi connectivity index (χ1v) is 11.6. The summed E-state index contributed by atoms with van der Waals surface area (Å²) >= 11 is 1.45. The maximum absolute atomic E-state index is 13.1. The van der Waals surface area contributed by atoms with Gasteiger partial charge in [0.1, 0.15) is 13.2 Å². The van der Waals surface area contributed by atoms with Crippen LogP contribution in [0, 0.1) is 0 Å². The Morgan fingerprint density at radius 3 is 2.59 bits per heavy atom. The molecular weight excluding hydrogens is 390 g/mol. The number of carbonyl (C=O) groups is 2. The Bertz CT molecular complexity index is 790. The van der Waals surface area contributed by atoms with Crippen molar-refractivity contribution in [1.29, 1.82) is 0 Å². The van der Waals surface area contributed by atoms with Crippen LogP contribution in [0.25, 0.3) is 0 Å². The molecule has 4 rings (SSSR count). The molecule has 2 heterocycles. The fourth-order valence-electron chi connectivity index (χ4n) is 4.93. The number of fused-ring (bicyclic) bond motifs is 3. The SMILES string of the molecule is COC(=O)CSCCC(=O)N1CC2(CCCC2)c2cc3c(cc2C1C)OCCO3. The first-order chi connectivity index (χ1) is 14.0. The number of methoxy groups -OCH3 is 1. The van der Waals surface area contributed by atoms with Gasteiger partial charge in [-0.1, -0.05) is 12.8 Å². The highest BCUT2D eigenvalue weighted by atomic mass is 32.2. The number of esters is 1. The number of hydrogen-bond acceptors (Lipinski definition) is 6. The number of nitrogens with zero attached hydrogens (tertiary/aromatic N) is 1. The maximum atomic E-state index is 13.1. The molecule has 1 amide bonds. The summed E-state index contributed by atoms with van der Waals surface area (Å²) in [7, 11) is 1.38. The van der Waals surface area contributed by atoms with Gasteiger partial charge < -0.3 is 19.1 Å². The van der Waals surface area contributed by atoms with Crippen molar-refractivity contribution in [2.24, 2.45) is 0 Å². The predicted molar refractivity (Wildman–Crippen MR) is 112 cm³/mol. The van der Waals surface area contributed by atoms with Crippen molar-refractivity contribution < 1.29 is 23.8 Å². The Kier molecular flexibility index (Phi) is 5.95. The normalized spacial score (nSPS) is 21.7. The maximum Gasteiger partial charge on any atom is 0.315 e. The lowest BCUT2D eigenvalue weighted by Gasteiger charge is -2.46. The van der Waals surface area contributed by atoms with Crippen molar-refractivity contribution in [1.82, 2.24) is 4.90 Å². The highest BCUT2D eigenvalue weighted by Crippen LogP contribution is 2.52. The summed E-state index contributed by atoms with van der Waals surface area (Å²) in [5, 5.41) is 0. The first-order valence-electron chi connectivity index (χ1n) is 10.4. The number of amides is 1. The highest BCUT2D eigenvalue weighted by molar-refractivity contribution is 7.99. The third kappa shape index (κ3) is 3.93. The molecule has 158 valence electrons. The highest BCUT2D eigenvalue weighted by Gasteiger charge is 2.46. The number of carbonyl (C=O) groups excluding carboxylic acids is 2. The van der Waals surface area contributed by atoms with E-state index in [1.165, 1.54) is 42.8 Å². The lowest BCUT2D eigenvalue weighted by molar-refractivity contribution is -0.137. The van der Waals surface area contributed by atoms with E-state index in [2.05, 4.69) is 23.8 Å². The van der Waals surface area contributed by atoms with Crippen LogP contribution in [0.15, 0.2) is 12.1 Å². The number of rotatable bonds is 5. The summed E-state index contributed by atoms with van der Waals surface area (Å²) in [6, 6.07) is 4.28. The molecule has 1 aromatic rings. The lowest BCUT2D eigenvalue weighted by Crippen LogP contribution is -2.48.